The van der Waals surface area contributed by atoms with E-state index in [1.807, 2.05) is 18.2 Å². The lowest BCUT2D eigenvalue weighted by atomic mass is 10.0. The standard InChI is InChI=1S/C22H13BrO4/c23-15-8-5-13(6-9-15)22(26)27-12-20(24)14-7-10-17-16-3-1-2-4-18(16)21(25)19(17)11-14/h1-11H,12H2. The minimum atomic E-state index is -0.569. The van der Waals surface area contributed by atoms with Crippen LogP contribution in [0.2, 0.25) is 0 Å². The summed E-state index contributed by atoms with van der Waals surface area (Å²) in [6.07, 6.45) is 0. The highest BCUT2D eigenvalue weighted by atomic mass is 79.9. The second-order valence-electron chi connectivity index (χ2n) is 6.14. The molecule has 1 aliphatic carbocycles. The highest BCUT2D eigenvalue weighted by Gasteiger charge is 2.27. The van der Waals surface area contributed by atoms with Crippen molar-refractivity contribution in [2.75, 3.05) is 6.61 Å². The summed E-state index contributed by atoms with van der Waals surface area (Å²) in [7, 11) is 0. The minimum Gasteiger partial charge on any atom is -0.454 e. The van der Waals surface area contributed by atoms with E-state index in [1.54, 1.807) is 48.5 Å². The summed E-state index contributed by atoms with van der Waals surface area (Å²) in [6.45, 7) is -0.380. The van der Waals surface area contributed by atoms with Gasteiger partial charge in [-0.05, 0) is 41.5 Å². The van der Waals surface area contributed by atoms with Crippen molar-refractivity contribution >= 4 is 33.5 Å². The number of halogens is 1. The maximum atomic E-state index is 12.5. The van der Waals surface area contributed by atoms with Gasteiger partial charge < -0.3 is 4.74 Å². The van der Waals surface area contributed by atoms with Crippen LogP contribution in [0.3, 0.4) is 0 Å². The highest BCUT2D eigenvalue weighted by Crippen LogP contribution is 2.36. The molecule has 0 bridgehead atoms. The Balaban J connectivity index is 1.50. The van der Waals surface area contributed by atoms with Gasteiger partial charge in [0.05, 0.1) is 5.56 Å². The Kier molecular flexibility index (Phi) is 4.46. The second kappa shape index (κ2) is 6.93. The van der Waals surface area contributed by atoms with E-state index in [0.29, 0.717) is 22.3 Å². The van der Waals surface area contributed by atoms with Crippen molar-refractivity contribution in [1.82, 2.24) is 0 Å². The van der Waals surface area contributed by atoms with E-state index in [0.717, 1.165) is 15.6 Å². The molecule has 0 saturated heterocycles. The van der Waals surface area contributed by atoms with Gasteiger partial charge in [-0.15, -0.1) is 0 Å². The molecule has 0 aromatic heterocycles. The Bertz CT molecular complexity index is 1080. The molecule has 132 valence electrons. The number of carbonyl (C=O) groups excluding carboxylic acids is 3. The molecule has 0 heterocycles. The van der Waals surface area contributed by atoms with E-state index in [1.165, 1.54) is 0 Å². The normalized spacial score (nSPS) is 11.7. The molecule has 0 N–H and O–H groups in total. The van der Waals surface area contributed by atoms with Gasteiger partial charge in [-0.3, -0.25) is 9.59 Å². The van der Waals surface area contributed by atoms with Crippen LogP contribution in [0, 0.1) is 0 Å². The maximum absolute atomic E-state index is 12.5. The summed E-state index contributed by atoms with van der Waals surface area (Å²) in [5.74, 6) is -1.02. The first kappa shape index (κ1) is 17.4. The molecular formula is C22H13BrO4. The van der Waals surface area contributed by atoms with Crippen LogP contribution in [0.5, 0.6) is 0 Å². The van der Waals surface area contributed by atoms with Crippen molar-refractivity contribution in [3.8, 4) is 11.1 Å². The summed E-state index contributed by atoms with van der Waals surface area (Å²) in [5, 5.41) is 0. The molecule has 3 aromatic rings. The molecule has 5 heteroatoms. The van der Waals surface area contributed by atoms with Crippen molar-refractivity contribution in [2.45, 2.75) is 0 Å². The fraction of sp³-hybridized carbons (Fsp3) is 0.0455. The SMILES string of the molecule is O=C(COC(=O)c1ccc(Br)cc1)c1ccc2c(c1)C(=O)c1ccccc1-2. The Morgan fingerprint density at radius 3 is 2.15 bits per heavy atom. The van der Waals surface area contributed by atoms with Gasteiger partial charge >= 0.3 is 5.97 Å². The zero-order valence-electron chi connectivity index (χ0n) is 14.1. The average molecular weight is 421 g/mol. The van der Waals surface area contributed by atoms with E-state index >= 15 is 0 Å². The predicted octanol–water partition coefficient (Wildman–Crippen LogP) is 4.70. The summed E-state index contributed by atoms with van der Waals surface area (Å²) in [4.78, 5) is 37.0. The first-order chi connectivity index (χ1) is 13.0. The molecule has 0 radical (unpaired) electrons. The van der Waals surface area contributed by atoms with Crippen molar-refractivity contribution in [2.24, 2.45) is 0 Å². The van der Waals surface area contributed by atoms with Crippen molar-refractivity contribution < 1.29 is 19.1 Å². The number of Topliss-reactive ketones (excluding diaryl/α,β-unsaturated/α-hetero) is 1. The number of rotatable bonds is 4. The van der Waals surface area contributed by atoms with E-state index in [-0.39, 0.29) is 18.2 Å². The summed E-state index contributed by atoms with van der Waals surface area (Å²) >= 11 is 3.29. The fourth-order valence-electron chi connectivity index (χ4n) is 3.09. The zero-order valence-corrected chi connectivity index (χ0v) is 15.7. The zero-order chi connectivity index (χ0) is 19.0. The molecule has 0 unspecified atom stereocenters. The van der Waals surface area contributed by atoms with Crippen LogP contribution in [0.4, 0.5) is 0 Å². The third kappa shape index (κ3) is 3.22. The molecule has 27 heavy (non-hydrogen) atoms. The second-order valence-corrected chi connectivity index (χ2v) is 7.06. The smallest absolute Gasteiger partial charge is 0.338 e. The first-order valence-electron chi connectivity index (χ1n) is 8.28. The third-order valence-corrected chi connectivity index (χ3v) is 4.99. The number of hydrogen-bond acceptors (Lipinski definition) is 4. The quantitative estimate of drug-likeness (QED) is 0.354. The van der Waals surface area contributed by atoms with E-state index < -0.39 is 5.97 Å². The van der Waals surface area contributed by atoms with Crippen LogP contribution < -0.4 is 0 Å². The Hall–Kier alpha value is -3.05. The molecule has 4 rings (SSSR count). The number of carbonyl (C=O) groups is 3. The van der Waals surface area contributed by atoms with Gasteiger partial charge in [0, 0.05) is 21.2 Å². The lowest BCUT2D eigenvalue weighted by molar-refractivity contribution is 0.0474. The van der Waals surface area contributed by atoms with Crippen LogP contribution in [-0.4, -0.2) is 24.1 Å². The van der Waals surface area contributed by atoms with Crippen molar-refractivity contribution in [1.29, 1.82) is 0 Å². The first-order valence-corrected chi connectivity index (χ1v) is 9.08. The van der Waals surface area contributed by atoms with Gasteiger partial charge in [0.15, 0.2) is 18.2 Å². The molecule has 0 amide bonds. The molecule has 0 saturated carbocycles. The number of esters is 1. The lowest BCUT2D eigenvalue weighted by Crippen LogP contribution is -2.14. The van der Waals surface area contributed by atoms with Gasteiger partial charge in [0.1, 0.15) is 0 Å². The van der Waals surface area contributed by atoms with Crippen LogP contribution >= 0.6 is 15.9 Å². The van der Waals surface area contributed by atoms with E-state index in [4.69, 9.17) is 4.74 Å². The van der Waals surface area contributed by atoms with Gasteiger partial charge in [0.2, 0.25) is 0 Å². The molecule has 3 aromatic carbocycles. The van der Waals surface area contributed by atoms with Crippen LogP contribution in [0.25, 0.3) is 11.1 Å². The van der Waals surface area contributed by atoms with Gasteiger partial charge in [0.25, 0.3) is 0 Å². The molecular weight excluding hydrogens is 408 g/mol. The van der Waals surface area contributed by atoms with Gasteiger partial charge in [-0.25, -0.2) is 4.79 Å². The summed E-state index contributed by atoms with van der Waals surface area (Å²) < 4.78 is 5.95. The highest BCUT2D eigenvalue weighted by molar-refractivity contribution is 9.10. The number of fused-ring (bicyclic) bond motifs is 3. The Morgan fingerprint density at radius 2 is 1.41 bits per heavy atom. The van der Waals surface area contributed by atoms with E-state index in [9.17, 15) is 14.4 Å². The monoisotopic (exact) mass is 420 g/mol. The Morgan fingerprint density at radius 1 is 0.778 bits per heavy atom. The summed E-state index contributed by atoms with van der Waals surface area (Å²) in [6, 6.07) is 19.0. The van der Waals surface area contributed by atoms with Crippen LogP contribution in [0.1, 0.15) is 36.6 Å². The molecule has 0 fully saturated rings. The molecule has 0 atom stereocenters. The molecule has 0 aliphatic heterocycles. The predicted molar refractivity (Wildman–Crippen MR) is 104 cm³/mol. The molecule has 1 aliphatic rings. The van der Waals surface area contributed by atoms with E-state index in [2.05, 4.69) is 15.9 Å². The molecule has 0 spiro atoms. The topological polar surface area (TPSA) is 60.4 Å². The average Bonchev–Trinajstić information content (AvgIpc) is 2.98. The Labute approximate surface area is 163 Å². The lowest BCUT2D eigenvalue weighted by Gasteiger charge is -2.06. The number of benzene rings is 3. The third-order valence-electron chi connectivity index (χ3n) is 4.46. The van der Waals surface area contributed by atoms with Crippen LogP contribution in [-0.2, 0) is 4.74 Å². The van der Waals surface area contributed by atoms with Crippen molar-refractivity contribution in [3.63, 3.8) is 0 Å². The van der Waals surface area contributed by atoms with Gasteiger partial charge in [-0.1, -0.05) is 52.3 Å². The number of ether oxygens (including phenoxy) is 1. The number of ketones is 2. The van der Waals surface area contributed by atoms with Crippen LogP contribution in [0.15, 0.2) is 71.2 Å². The van der Waals surface area contributed by atoms with Crippen molar-refractivity contribution in [3.05, 3.63) is 93.5 Å². The molecule has 4 nitrogen and oxygen atoms in total. The maximum Gasteiger partial charge on any atom is 0.338 e. The largest absolute Gasteiger partial charge is 0.454 e. The fourth-order valence-corrected chi connectivity index (χ4v) is 3.35. The summed E-state index contributed by atoms with van der Waals surface area (Å²) in [5.41, 5.74) is 3.54. The minimum absolute atomic E-state index is 0.0953. The van der Waals surface area contributed by atoms with Gasteiger partial charge in [-0.2, -0.15) is 0 Å². The number of hydrogen-bond donors (Lipinski definition) is 0.